The summed E-state index contributed by atoms with van der Waals surface area (Å²) in [6, 6.07) is 6.85. The molecule has 1 aromatic heterocycles. The molecule has 11 heteroatoms. The van der Waals surface area contributed by atoms with Crippen LogP contribution in [0.3, 0.4) is 0 Å². The summed E-state index contributed by atoms with van der Waals surface area (Å²) in [6.45, 7) is 4.71. The lowest BCUT2D eigenvalue weighted by molar-refractivity contribution is -0.116. The van der Waals surface area contributed by atoms with Crippen LogP contribution in [0.2, 0.25) is 0 Å². The minimum absolute atomic E-state index is 0.181. The van der Waals surface area contributed by atoms with Gasteiger partial charge in [-0.15, -0.1) is 10.2 Å². The minimum atomic E-state index is -3.47. The Bertz CT molecular complexity index is 885. The van der Waals surface area contributed by atoms with Gasteiger partial charge in [0.25, 0.3) is 0 Å². The number of sulfonamides is 1. The zero-order chi connectivity index (χ0) is 21.3. The van der Waals surface area contributed by atoms with Crippen LogP contribution in [-0.4, -0.2) is 49.7 Å². The minimum Gasteiger partial charge on any atom is -0.494 e. The summed E-state index contributed by atoms with van der Waals surface area (Å²) < 4.78 is 31.8. The Balaban J connectivity index is 1.89. The van der Waals surface area contributed by atoms with Crippen LogP contribution in [0.25, 0.3) is 0 Å². The predicted octanol–water partition coefficient (Wildman–Crippen LogP) is 3.62. The smallest absolute Gasteiger partial charge is 0.232 e. The van der Waals surface area contributed by atoms with Crippen LogP contribution in [0.5, 0.6) is 5.75 Å². The van der Waals surface area contributed by atoms with Crippen LogP contribution in [-0.2, 0) is 14.8 Å². The summed E-state index contributed by atoms with van der Waals surface area (Å²) >= 11 is 2.94. The van der Waals surface area contributed by atoms with E-state index in [1.54, 1.807) is 36.0 Å². The summed E-state index contributed by atoms with van der Waals surface area (Å²) in [6.07, 6.45) is 2.75. The molecule has 0 aliphatic rings. The number of amides is 1. The molecule has 0 fully saturated rings. The van der Waals surface area contributed by atoms with Crippen LogP contribution in [0.15, 0.2) is 28.6 Å². The molecule has 1 N–H and O–H groups in total. The lowest BCUT2D eigenvalue weighted by Gasteiger charge is -2.22. The molecule has 0 aliphatic carbocycles. The summed E-state index contributed by atoms with van der Waals surface area (Å²) in [7, 11) is -3.47. The first-order chi connectivity index (χ1) is 13.8. The van der Waals surface area contributed by atoms with E-state index in [-0.39, 0.29) is 18.9 Å². The van der Waals surface area contributed by atoms with E-state index in [1.807, 2.05) is 6.92 Å². The number of hydrogen-bond donors (Lipinski definition) is 1. The maximum absolute atomic E-state index is 12.2. The van der Waals surface area contributed by atoms with Gasteiger partial charge in [0, 0.05) is 18.7 Å². The molecule has 0 radical (unpaired) electrons. The van der Waals surface area contributed by atoms with Crippen molar-refractivity contribution in [2.45, 2.75) is 37.4 Å². The second-order valence-electron chi connectivity index (χ2n) is 6.14. The first-order valence-corrected chi connectivity index (χ1v) is 12.9. The van der Waals surface area contributed by atoms with Crippen LogP contribution in [0.4, 0.5) is 10.8 Å². The SMILES string of the molecule is CCCSc1nnc(NC(=O)CCCN(c2ccc(OCC)cc2)S(C)(=O)=O)s1. The predicted molar refractivity (Wildman–Crippen MR) is 119 cm³/mol. The van der Waals surface area contributed by atoms with Crippen molar-refractivity contribution in [1.29, 1.82) is 0 Å². The monoisotopic (exact) mass is 458 g/mol. The highest BCUT2D eigenvalue weighted by Crippen LogP contribution is 2.26. The van der Waals surface area contributed by atoms with E-state index >= 15 is 0 Å². The van der Waals surface area contributed by atoms with Crippen LogP contribution in [0.1, 0.15) is 33.1 Å². The fourth-order valence-electron chi connectivity index (χ4n) is 2.43. The van der Waals surface area contributed by atoms with Crippen LogP contribution in [0, 0.1) is 0 Å². The fourth-order valence-corrected chi connectivity index (χ4v) is 5.09. The number of anilines is 2. The molecule has 0 unspecified atom stereocenters. The molecule has 2 rings (SSSR count). The van der Waals surface area contributed by atoms with Gasteiger partial charge in [-0.05, 0) is 44.0 Å². The summed E-state index contributed by atoms with van der Waals surface area (Å²) in [5.41, 5.74) is 0.540. The molecule has 0 atom stereocenters. The van der Waals surface area contributed by atoms with Crippen LogP contribution < -0.4 is 14.4 Å². The molecule has 0 bridgehead atoms. The second-order valence-corrected chi connectivity index (χ2v) is 10.4. The van der Waals surface area contributed by atoms with Gasteiger partial charge in [0.1, 0.15) is 5.75 Å². The fraction of sp³-hybridized carbons (Fsp3) is 0.500. The van der Waals surface area contributed by atoms with Crippen molar-refractivity contribution in [1.82, 2.24) is 10.2 Å². The van der Waals surface area contributed by atoms with Gasteiger partial charge in [-0.2, -0.15) is 0 Å². The lowest BCUT2D eigenvalue weighted by atomic mass is 10.2. The van der Waals surface area contributed by atoms with Gasteiger partial charge < -0.3 is 10.1 Å². The quantitative estimate of drug-likeness (QED) is 0.383. The number of benzene rings is 1. The molecule has 1 amide bonds. The molecular formula is C18H26N4O4S3. The number of thioether (sulfide) groups is 1. The van der Waals surface area contributed by atoms with E-state index in [1.165, 1.54) is 15.6 Å². The molecule has 1 aromatic carbocycles. The number of hydrogen-bond acceptors (Lipinski definition) is 8. The Hall–Kier alpha value is -1.85. The van der Waals surface area contributed by atoms with E-state index in [0.29, 0.717) is 29.6 Å². The maximum atomic E-state index is 12.2. The molecule has 0 spiro atoms. The highest BCUT2D eigenvalue weighted by atomic mass is 32.2. The number of carbonyl (C=O) groups is 1. The molecular weight excluding hydrogens is 432 g/mol. The summed E-state index contributed by atoms with van der Waals surface area (Å²) in [5.74, 6) is 1.42. The van der Waals surface area contributed by atoms with Gasteiger partial charge in [-0.25, -0.2) is 8.42 Å². The lowest BCUT2D eigenvalue weighted by Crippen LogP contribution is -2.31. The number of aromatic nitrogens is 2. The zero-order valence-electron chi connectivity index (χ0n) is 16.8. The average Bonchev–Trinajstić information content (AvgIpc) is 3.11. The number of ether oxygens (including phenoxy) is 1. The molecule has 0 saturated heterocycles. The van der Waals surface area contributed by atoms with E-state index in [0.717, 1.165) is 22.8 Å². The van der Waals surface area contributed by atoms with Crippen molar-refractivity contribution in [2.75, 3.05) is 34.8 Å². The average molecular weight is 459 g/mol. The topological polar surface area (TPSA) is 101 Å². The Morgan fingerprint density at radius 2 is 1.97 bits per heavy atom. The standard InChI is InChI=1S/C18H26N4O4S3/c1-4-13-27-18-21-20-17(28-18)19-16(23)7-6-12-22(29(3,24)25)14-8-10-15(11-9-14)26-5-2/h8-11H,4-7,12-13H2,1-3H3,(H,19,20,23). The van der Waals surface area contributed by atoms with Gasteiger partial charge >= 0.3 is 0 Å². The van der Waals surface area contributed by atoms with E-state index in [4.69, 9.17) is 4.74 Å². The zero-order valence-corrected chi connectivity index (χ0v) is 19.2. The van der Waals surface area contributed by atoms with E-state index in [9.17, 15) is 13.2 Å². The van der Waals surface area contributed by atoms with Gasteiger partial charge in [0.15, 0.2) is 4.34 Å². The van der Waals surface area contributed by atoms with Gasteiger partial charge in [-0.3, -0.25) is 9.10 Å². The van der Waals surface area contributed by atoms with Gasteiger partial charge in [-0.1, -0.05) is 30.0 Å². The van der Waals surface area contributed by atoms with Crippen molar-refractivity contribution in [3.8, 4) is 5.75 Å². The second kappa shape index (κ2) is 11.4. The molecule has 0 aliphatic heterocycles. The van der Waals surface area contributed by atoms with Crippen LogP contribution >= 0.6 is 23.1 Å². The molecule has 1 heterocycles. The first-order valence-electron chi connectivity index (χ1n) is 9.30. The Kier molecular flexibility index (Phi) is 9.18. The summed E-state index contributed by atoms with van der Waals surface area (Å²) in [4.78, 5) is 12.2. The number of rotatable bonds is 12. The number of nitrogens with zero attached hydrogens (tertiary/aromatic N) is 3. The highest BCUT2D eigenvalue weighted by Gasteiger charge is 2.18. The largest absolute Gasteiger partial charge is 0.494 e. The van der Waals surface area contributed by atoms with Crippen molar-refractivity contribution < 1.29 is 17.9 Å². The van der Waals surface area contributed by atoms with Crippen molar-refractivity contribution >= 4 is 49.8 Å². The Labute approximate surface area is 180 Å². The third-order valence-corrected chi connectivity index (χ3v) is 7.06. The number of nitrogens with one attached hydrogen (secondary N) is 1. The molecule has 0 saturated carbocycles. The molecule has 29 heavy (non-hydrogen) atoms. The van der Waals surface area contributed by atoms with Crippen molar-refractivity contribution in [2.24, 2.45) is 0 Å². The Morgan fingerprint density at radius 1 is 1.24 bits per heavy atom. The third-order valence-electron chi connectivity index (χ3n) is 3.68. The summed E-state index contributed by atoms with van der Waals surface area (Å²) in [5, 5.41) is 11.2. The van der Waals surface area contributed by atoms with E-state index in [2.05, 4.69) is 22.4 Å². The highest BCUT2D eigenvalue weighted by molar-refractivity contribution is 8.01. The Morgan fingerprint density at radius 3 is 2.59 bits per heavy atom. The third kappa shape index (κ3) is 7.82. The molecule has 2 aromatic rings. The number of carbonyl (C=O) groups excluding carboxylic acids is 1. The van der Waals surface area contributed by atoms with Gasteiger partial charge in [0.2, 0.25) is 21.1 Å². The maximum Gasteiger partial charge on any atom is 0.232 e. The van der Waals surface area contributed by atoms with Gasteiger partial charge in [0.05, 0.1) is 18.6 Å². The molecule has 8 nitrogen and oxygen atoms in total. The van der Waals surface area contributed by atoms with Crippen molar-refractivity contribution in [3.05, 3.63) is 24.3 Å². The first kappa shape index (κ1) is 23.4. The van der Waals surface area contributed by atoms with Crippen molar-refractivity contribution in [3.63, 3.8) is 0 Å². The normalized spacial score (nSPS) is 11.3. The van der Waals surface area contributed by atoms with E-state index < -0.39 is 10.0 Å². The molecule has 160 valence electrons.